The molecule has 1 aromatic rings. The van der Waals surface area contributed by atoms with Crippen molar-refractivity contribution >= 4 is 5.96 Å². The largest absolute Gasteiger partial charge is 0.416 e. The summed E-state index contributed by atoms with van der Waals surface area (Å²) >= 11 is 0. The van der Waals surface area contributed by atoms with Crippen LogP contribution in [-0.4, -0.2) is 25.6 Å². The summed E-state index contributed by atoms with van der Waals surface area (Å²) in [6, 6.07) is 5.83. The van der Waals surface area contributed by atoms with Crippen molar-refractivity contribution in [1.29, 1.82) is 0 Å². The molecule has 3 nitrogen and oxygen atoms in total. The second-order valence-electron chi connectivity index (χ2n) is 6.67. The Kier molecular flexibility index (Phi) is 5.57. The Balaban J connectivity index is 2.02. The van der Waals surface area contributed by atoms with Crippen LogP contribution in [0.2, 0.25) is 0 Å². The van der Waals surface area contributed by atoms with E-state index >= 15 is 0 Å². The van der Waals surface area contributed by atoms with Gasteiger partial charge in [0.25, 0.3) is 0 Å². The number of guanidine groups is 1. The van der Waals surface area contributed by atoms with Gasteiger partial charge >= 0.3 is 6.18 Å². The van der Waals surface area contributed by atoms with Crippen molar-refractivity contribution in [1.82, 2.24) is 10.6 Å². The second-order valence-corrected chi connectivity index (χ2v) is 6.67. The summed E-state index contributed by atoms with van der Waals surface area (Å²) in [6.07, 6.45) is 1.83. The molecule has 0 bridgehead atoms. The van der Waals surface area contributed by atoms with Crippen LogP contribution >= 0.6 is 0 Å². The minimum Gasteiger partial charge on any atom is -0.356 e. The summed E-state index contributed by atoms with van der Waals surface area (Å²) in [5.74, 6) is 0.670. The van der Waals surface area contributed by atoms with Crippen molar-refractivity contribution in [2.45, 2.75) is 44.3 Å². The summed E-state index contributed by atoms with van der Waals surface area (Å²) in [4.78, 5) is 4.19. The highest BCUT2D eigenvalue weighted by molar-refractivity contribution is 5.80. The van der Waals surface area contributed by atoms with Crippen LogP contribution in [-0.2, 0) is 11.6 Å². The van der Waals surface area contributed by atoms with Gasteiger partial charge in [-0.1, -0.05) is 44.2 Å². The number of halogens is 3. The summed E-state index contributed by atoms with van der Waals surface area (Å²) in [7, 11) is 1.69. The predicted molar refractivity (Wildman–Crippen MR) is 91.1 cm³/mol. The van der Waals surface area contributed by atoms with Crippen LogP contribution in [0.15, 0.2) is 41.4 Å². The number of hydrogen-bond donors (Lipinski definition) is 2. The van der Waals surface area contributed by atoms with Crippen molar-refractivity contribution in [3.05, 3.63) is 47.5 Å². The van der Waals surface area contributed by atoms with E-state index in [1.807, 2.05) is 13.8 Å². The van der Waals surface area contributed by atoms with Gasteiger partial charge in [0.1, 0.15) is 0 Å². The fourth-order valence-electron chi connectivity index (χ4n) is 2.65. The monoisotopic (exact) mass is 339 g/mol. The van der Waals surface area contributed by atoms with Gasteiger partial charge < -0.3 is 10.6 Å². The number of aliphatic imine (C=N–C) groups is 1. The Hall–Kier alpha value is -1.98. The number of rotatable bonds is 4. The quantitative estimate of drug-likeness (QED) is 0.496. The Bertz CT molecular complexity index is 610. The highest BCUT2D eigenvalue weighted by Crippen LogP contribution is 2.32. The van der Waals surface area contributed by atoms with Crippen molar-refractivity contribution < 1.29 is 13.2 Å². The van der Waals surface area contributed by atoms with Gasteiger partial charge in [-0.3, -0.25) is 4.99 Å². The van der Waals surface area contributed by atoms with Gasteiger partial charge in [0.2, 0.25) is 0 Å². The molecule has 132 valence electrons. The number of nitrogens with one attached hydrogen (secondary N) is 2. The van der Waals surface area contributed by atoms with E-state index in [1.165, 1.54) is 12.1 Å². The molecule has 0 unspecified atom stereocenters. The summed E-state index contributed by atoms with van der Waals surface area (Å²) in [6.45, 7) is 4.31. The van der Waals surface area contributed by atoms with E-state index in [-0.39, 0.29) is 0 Å². The van der Waals surface area contributed by atoms with Gasteiger partial charge in [0.15, 0.2) is 5.96 Å². The van der Waals surface area contributed by atoms with E-state index in [1.54, 1.807) is 13.1 Å². The Morgan fingerprint density at radius 2 is 1.79 bits per heavy atom. The third-order valence-corrected chi connectivity index (χ3v) is 4.24. The molecule has 0 atom stereocenters. The number of nitrogens with zero attached hydrogens (tertiary/aromatic N) is 1. The average molecular weight is 339 g/mol. The van der Waals surface area contributed by atoms with Crippen LogP contribution < -0.4 is 10.6 Å². The Morgan fingerprint density at radius 1 is 1.17 bits per heavy atom. The van der Waals surface area contributed by atoms with Crippen molar-refractivity contribution in [3.63, 3.8) is 0 Å². The molecule has 0 saturated heterocycles. The van der Waals surface area contributed by atoms with Gasteiger partial charge in [-0.25, -0.2) is 0 Å². The molecule has 0 fully saturated rings. The molecular formula is C18H24F3N3. The van der Waals surface area contributed by atoms with Crippen LogP contribution in [0.3, 0.4) is 0 Å². The van der Waals surface area contributed by atoms with Crippen LogP contribution in [0.5, 0.6) is 0 Å². The molecule has 24 heavy (non-hydrogen) atoms. The van der Waals surface area contributed by atoms with E-state index in [0.717, 1.165) is 18.9 Å². The lowest BCUT2D eigenvalue weighted by atomic mass is 9.84. The molecule has 1 aliphatic carbocycles. The van der Waals surface area contributed by atoms with Crippen molar-refractivity contribution in [2.75, 3.05) is 13.6 Å². The Morgan fingerprint density at radius 3 is 2.38 bits per heavy atom. The van der Waals surface area contributed by atoms with Crippen LogP contribution in [0.1, 0.15) is 37.8 Å². The van der Waals surface area contributed by atoms with Gasteiger partial charge in [0, 0.05) is 25.0 Å². The van der Waals surface area contributed by atoms with E-state index in [9.17, 15) is 13.2 Å². The van der Waals surface area contributed by atoms with Crippen LogP contribution in [0.25, 0.3) is 0 Å². The molecule has 1 aromatic carbocycles. The third-order valence-electron chi connectivity index (χ3n) is 4.24. The molecule has 0 saturated carbocycles. The van der Waals surface area contributed by atoms with E-state index in [0.29, 0.717) is 24.1 Å². The highest BCUT2D eigenvalue weighted by Gasteiger charge is 2.32. The van der Waals surface area contributed by atoms with Gasteiger partial charge in [-0.15, -0.1) is 0 Å². The van der Waals surface area contributed by atoms with E-state index in [2.05, 4.69) is 27.8 Å². The SMILES string of the molecule is CN=C(NCC(C)(C)c1cccc(C(F)(F)F)c1)NC1CC=CC1. The molecule has 0 aromatic heterocycles. The summed E-state index contributed by atoms with van der Waals surface area (Å²) < 4.78 is 38.7. The molecular weight excluding hydrogens is 315 g/mol. The van der Waals surface area contributed by atoms with Gasteiger partial charge in [0.05, 0.1) is 5.56 Å². The fraction of sp³-hybridized carbons (Fsp3) is 0.500. The maximum atomic E-state index is 12.9. The normalized spacial score (nSPS) is 16.5. The molecule has 2 rings (SSSR count). The van der Waals surface area contributed by atoms with Crippen molar-refractivity contribution in [3.8, 4) is 0 Å². The zero-order chi connectivity index (χ0) is 17.8. The lowest BCUT2D eigenvalue weighted by molar-refractivity contribution is -0.137. The summed E-state index contributed by atoms with van der Waals surface area (Å²) in [5.41, 5.74) is -0.442. The second kappa shape index (κ2) is 7.28. The zero-order valence-corrected chi connectivity index (χ0v) is 14.2. The van der Waals surface area contributed by atoms with Gasteiger partial charge in [-0.05, 0) is 24.5 Å². The zero-order valence-electron chi connectivity index (χ0n) is 14.2. The fourth-order valence-corrected chi connectivity index (χ4v) is 2.65. The molecule has 0 aliphatic heterocycles. The maximum Gasteiger partial charge on any atom is 0.416 e. The number of hydrogen-bond acceptors (Lipinski definition) is 1. The highest BCUT2D eigenvalue weighted by atomic mass is 19.4. The lowest BCUT2D eigenvalue weighted by Gasteiger charge is -2.28. The molecule has 0 amide bonds. The summed E-state index contributed by atoms with van der Waals surface area (Å²) in [5, 5.41) is 6.54. The first-order valence-electron chi connectivity index (χ1n) is 8.02. The minimum absolute atomic E-state index is 0.327. The first-order valence-corrected chi connectivity index (χ1v) is 8.02. The maximum absolute atomic E-state index is 12.9. The number of benzene rings is 1. The number of alkyl halides is 3. The Labute approximate surface area is 141 Å². The van der Waals surface area contributed by atoms with E-state index in [4.69, 9.17) is 0 Å². The standard InChI is InChI=1S/C18H24F3N3/c1-17(2,13-7-6-8-14(11-13)18(19,20)21)12-23-16(22-3)24-15-9-4-5-10-15/h4-8,11,15H,9-10,12H2,1-3H3,(H2,22,23,24). The smallest absolute Gasteiger partial charge is 0.356 e. The van der Waals surface area contributed by atoms with Crippen LogP contribution in [0, 0.1) is 0 Å². The first-order chi connectivity index (χ1) is 11.2. The third kappa shape index (κ3) is 4.76. The van der Waals surface area contributed by atoms with Crippen molar-refractivity contribution in [2.24, 2.45) is 4.99 Å². The molecule has 0 radical (unpaired) electrons. The topological polar surface area (TPSA) is 36.4 Å². The molecule has 0 heterocycles. The minimum atomic E-state index is -4.33. The predicted octanol–water partition coefficient (Wildman–Crippen LogP) is 3.87. The molecule has 0 spiro atoms. The lowest BCUT2D eigenvalue weighted by Crippen LogP contribution is -2.46. The molecule has 6 heteroatoms. The average Bonchev–Trinajstić information content (AvgIpc) is 3.03. The molecule has 1 aliphatic rings. The van der Waals surface area contributed by atoms with E-state index < -0.39 is 17.2 Å². The van der Waals surface area contributed by atoms with Gasteiger partial charge in [-0.2, -0.15) is 13.2 Å². The first kappa shape index (κ1) is 18.4. The molecule has 2 N–H and O–H groups in total. The van der Waals surface area contributed by atoms with Crippen LogP contribution in [0.4, 0.5) is 13.2 Å².